The van der Waals surface area contributed by atoms with Gasteiger partial charge in [-0.3, -0.25) is 0 Å². The van der Waals surface area contributed by atoms with Crippen LogP contribution in [0.1, 0.15) is 41.5 Å². The van der Waals surface area contributed by atoms with Gasteiger partial charge in [0.1, 0.15) is 0 Å². The van der Waals surface area contributed by atoms with E-state index in [0.29, 0.717) is 36.5 Å². The molecule has 2 N–H and O–H groups in total. The van der Waals surface area contributed by atoms with Crippen LogP contribution in [0.5, 0.6) is 0 Å². The van der Waals surface area contributed by atoms with Gasteiger partial charge in [-0.05, 0) is 37.5 Å². The number of hydrazone groups is 1. The van der Waals surface area contributed by atoms with Crippen molar-refractivity contribution in [3.63, 3.8) is 0 Å². The van der Waals surface area contributed by atoms with Gasteiger partial charge in [-0.15, -0.1) is 0 Å². The molecule has 0 atom stereocenters. The Kier molecular flexibility index (Phi) is 9.22. The molecule has 0 rings (SSSR count). The topological polar surface area (TPSA) is 75.4 Å². The molecule has 0 fully saturated rings. The summed E-state index contributed by atoms with van der Waals surface area (Å²) in [6.45, 7) is 9.86. The van der Waals surface area contributed by atoms with Gasteiger partial charge in [-0.2, -0.15) is 5.10 Å². The molecule has 118 valence electrons. The van der Waals surface area contributed by atoms with Crippen molar-refractivity contribution in [3.05, 3.63) is 0 Å². The van der Waals surface area contributed by atoms with Crippen molar-refractivity contribution in [1.29, 1.82) is 0 Å². The molecule has 0 radical (unpaired) electrons. The van der Waals surface area contributed by atoms with Crippen LogP contribution in [0.2, 0.25) is 0 Å². The largest absolute Gasteiger partial charge is 0.411 e. The molecule has 0 aromatic carbocycles. The van der Waals surface area contributed by atoms with Crippen LogP contribution in [-0.4, -0.2) is 29.8 Å². The molecular weight excluding hydrogens is 297 g/mol. The molecule has 20 heavy (non-hydrogen) atoms. The minimum absolute atomic E-state index is 0.354. The minimum atomic E-state index is -2.67. The zero-order valence-corrected chi connectivity index (χ0v) is 14.8. The first-order chi connectivity index (χ1) is 9.20. The summed E-state index contributed by atoms with van der Waals surface area (Å²) in [6, 6.07) is 0. The number of rotatable bonds is 9. The van der Waals surface area contributed by atoms with Gasteiger partial charge in [-0.1, -0.05) is 32.9 Å². The molecule has 0 bridgehead atoms. The van der Waals surface area contributed by atoms with Gasteiger partial charge in [0.05, 0.1) is 24.6 Å². The molecule has 0 saturated heterocycles. The van der Waals surface area contributed by atoms with Crippen LogP contribution in [0.4, 0.5) is 0 Å². The fourth-order valence-corrected chi connectivity index (χ4v) is 2.82. The predicted molar refractivity (Wildman–Crippen MR) is 87.0 cm³/mol. The van der Waals surface area contributed by atoms with Crippen molar-refractivity contribution in [1.82, 2.24) is 5.20 Å². The van der Waals surface area contributed by atoms with Gasteiger partial charge in [-0.25, -0.2) is 5.20 Å². The van der Waals surface area contributed by atoms with Gasteiger partial charge >= 0.3 is 6.64 Å². The summed E-state index contributed by atoms with van der Waals surface area (Å²) in [7, 11) is 0. The van der Waals surface area contributed by atoms with Crippen molar-refractivity contribution in [2.75, 3.05) is 13.2 Å². The molecular formula is C12H26N3O3PS. The molecule has 8 heteroatoms. The van der Waals surface area contributed by atoms with Gasteiger partial charge < -0.3 is 14.3 Å². The Hall–Kier alpha value is -0.490. The van der Waals surface area contributed by atoms with E-state index < -0.39 is 6.64 Å². The van der Waals surface area contributed by atoms with E-state index >= 15 is 0 Å². The number of nitrogens with one attached hydrogen (secondary N) is 1. The van der Waals surface area contributed by atoms with E-state index in [1.165, 1.54) is 0 Å². The highest BCUT2D eigenvalue weighted by atomic mass is 32.5. The Bertz CT molecular complexity index is 381. The lowest BCUT2D eigenvalue weighted by Crippen LogP contribution is -2.17. The summed E-state index contributed by atoms with van der Waals surface area (Å²) >= 11 is 5.43. The molecule has 0 saturated carbocycles. The summed E-state index contributed by atoms with van der Waals surface area (Å²) in [5, 5.41) is 18.7. The van der Waals surface area contributed by atoms with Gasteiger partial charge in [0.15, 0.2) is 0 Å². The van der Waals surface area contributed by atoms with Crippen molar-refractivity contribution in [2.24, 2.45) is 22.1 Å². The second kappa shape index (κ2) is 9.45. The molecule has 0 aromatic rings. The van der Waals surface area contributed by atoms with Crippen molar-refractivity contribution >= 4 is 29.9 Å². The maximum absolute atomic E-state index is 8.69. The highest BCUT2D eigenvalue weighted by Crippen LogP contribution is 2.45. The molecule has 0 aliphatic heterocycles. The van der Waals surface area contributed by atoms with Crippen LogP contribution < -0.4 is 5.20 Å². The average Bonchev–Trinajstić information content (AvgIpc) is 2.39. The van der Waals surface area contributed by atoms with Crippen LogP contribution in [0.15, 0.2) is 10.3 Å². The number of oxime groups is 1. The van der Waals surface area contributed by atoms with Crippen LogP contribution in [0, 0.1) is 11.8 Å². The Morgan fingerprint density at radius 2 is 1.55 bits per heavy atom. The second-order valence-electron chi connectivity index (χ2n) is 5.36. The van der Waals surface area contributed by atoms with Crippen LogP contribution in [0.25, 0.3) is 0 Å². The summed E-state index contributed by atoms with van der Waals surface area (Å²) < 4.78 is 11.4. The summed E-state index contributed by atoms with van der Waals surface area (Å²) in [6.07, 6.45) is 0. The summed E-state index contributed by atoms with van der Waals surface area (Å²) in [5.41, 5.74) is 0.940. The zero-order valence-electron chi connectivity index (χ0n) is 13.1. The van der Waals surface area contributed by atoms with E-state index in [9.17, 15) is 0 Å². The molecule has 0 aromatic heterocycles. The molecule has 0 amide bonds. The van der Waals surface area contributed by atoms with Gasteiger partial charge in [0, 0.05) is 0 Å². The maximum atomic E-state index is 8.69. The normalized spacial score (nSPS) is 14.2. The number of hydrogen-bond donors (Lipinski definition) is 2. The summed E-state index contributed by atoms with van der Waals surface area (Å²) in [4.78, 5) is 0. The van der Waals surface area contributed by atoms with Crippen LogP contribution in [-0.2, 0) is 20.9 Å². The van der Waals surface area contributed by atoms with E-state index in [-0.39, 0.29) is 0 Å². The van der Waals surface area contributed by atoms with Crippen molar-refractivity contribution in [3.8, 4) is 0 Å². The highest BCUT2D eigenvalue weighted by Gasteiger charge is 2.20. The average molecular weight is 323 g/mol. The fraction of sp³-hybridized carbons (Fsp3) is 0.833. The zero-order chi connectivity index (χ0) is 15.8. The molecule has 0 spiro atoms. The third kappa shape index (κ3) is 8.64. The lowest BCUT2D eigenvalue weighted by Gasteiger charge is -2.23. The van der Waals surface area contributed by atoms with E-state index in [1.807, 2.05) is 27.7 Å². The van der Waals surface area contributed by atoms with Gasteiger partial charge in [0.2, 0.25) is 0 Å². The minimum Gasteiger partial charge on any atom is -0.411 e. The van der Waals surface area contributed by atoms with Gasteiger partial charge in [0.25, 0.3) is 0 Å². The monoisotopic (exact) mass is 323 g/mol. The fourth-order valence-electron chi connectivity index (χ4n) is 0.879. The first-order valence-corrected chi connectivity index (χ1v) is 9.23. The predicted octanol–water partition coefficient (Wildman–Crippen LogP) is 3.37. The quantitative estimate of drug-likeness (QED) is 0.294. The van der Waals surface area contributed by atoms with E-state index in [2.05, 4.69) is 15.5 Å². The lowest BCUT2D eigenvalue weighted by molar-refractivity contribution is 0.202. The van der Waals surface area contributed by atoms with E-state index in [0.717, 1.165) is 0 Å². The standard InChI is InChI=1S/C12H26N3O3PS/c1-9(2)7-17-19(20,18-8-10(3)4)15-13-11(5)12(6)14-16/h9-10,16H,7-8H2,1-6H3,(H,15,20)/b13-11+,14-12+. The van der Waals surface area contributed by atoms with Crippen molar-refractivity contribution < 1.29 is 14.3 Å². The van der Waals surface area contributed by atoms with Crippen LogP contribution >= 0.6 is 6.64 Å². The molecule has 0 unspecified atom stereocenters. The lowest BCUT2D eigenvalue weighted by atomic mass is 10.2. The highest BCUT2D eigenvalue weighted by molar-refractivity contribution is 8.08. The SMILES string of the molecule is CC(=N\O)/C(C)=N/NP(=S)(OCC(C)C)OCC(C)C. The Morgan fingerprint density at radius 3 is 1.90 bits per heavy atom. The molecule has 0 heterocycles. The third-order valence-corrected chi connectivity index (χ3v) is 4.37. The first-order valence-electron chi connectivity index (χ1n) is 6.60. The Balaban J connectivity index is 4.80. The Labute approximate surface area is 126 Å². The molecule has 6 nitrogen and oxygen atoms in total. The Morgan fingerprint density at radius 1 is 1.10 bits per heavy atom. The maximum Gasteiger partial charge on any atom is 0.303 e. The smallest absolute Gasteiger partial charge is 0.303 e. The third-order valence-electron chi connectivity index (χ3n) is 2.17. The van der Waals surface area contributed by atoms with E-state index in [4.69, 9.17) is 26.1 Å². The molecule has 0 aliphatic rings. The van der Waals surface area contributed by atoms with Crippen LogP contribution in [0.3, 0.4) is 0 Å². The number of hydrogen-bond acceptors (Lipinski definition) is 6. The first kappa shape index (κ1) is 19.5. The summed E-state index contributed by atoms with van der Waals surface area (Å²) in [5.74, 6) is 0.709. The van der Waals surface area contributed by atoms with E-state index in [1.54, 1.807) is 13.8 Å². The van der Waals surface area contributed by atoms with Crippen molar-refractivity contribution in [2.45, 2.75) is 41.5 Å². The molecule has 0 aliphatic carbocycles. The second-order valence-corrected chi connectivity index (χ2v) is 8.51. The number of nitrogens with zero attached hydrogens (tertiary/aromatic N) is 2.